The van der Waals surface area contributed by atoms with Crippen LogP contribution in [0.3, 0.4) is 0 Å². The molecule has 0 aliphatic heterocycles. The highest BCUT2D eigenvalue weighted by Crippen LogP contribution is 2.41. The fourth-order valence-corrected chi connectivity index (χ4v) is 8.20. The molecule has 5 nitrogen and oxygen atoms in total. The van der Waals surface area contributed by atoms with Crippen LogP contribution in [0.25, 0.3) is 94.5 Å². The van der Waals surface area contributed by atoms with E-state index < -0.39 is 0 Å². The number of nitrogens with zero attached hydrogens (tertiary/aromatic N) is 4. The van der Waals surface area contributed by atoms with E-state index in [0.717, 1.165) is 66.8 Å². The Hall–Kier alpha value is -7.50. The van der Waals surface area contributed by atoms with E-state index in [2.05, 4.69) is 150 Å². The first-order chi connectivity index (χ1) is 27.7. The number of fused-ring (bicyclic) bond motifs is 6. The van der Waals surface area contributed by atoms with Crippen molar-refractivity contribution in [2.75, 3.05) is 0 Å². The number of furan rings is 1. The van der Waals surface area contributed by atoms with Crippen molar-refractivity contribution >= 4 is 43.7 Å². The van der Waals surface area contributed by atoms with Gasteiger partial charge in [0.05, 0.1) is 11.0 Å². The maximum absolute atomic E-state index is 6.62. The van der Waals surface area contributed by atoms with E-state index in [0.29, 0.717) is 12.4 Å². The van der Waals surface area contributed by atoms with Gasteiger partial charge in [0, 0.05) is 32.8 Å². The van der Waals surface area contributed by atoms with Gasteiger partial charge < -0.3 is 14.0 Å². The van der Waals surface area contributed by atoms with Crippen molar-refractivity contribution < 1.29 is 9.10 Å². The number of hydrogen-bond acceptors (Lipinski definition) is 2. The summed E-state index contributed by atoms with van der Waals surface area (Å²) in [6.07, 6.45) is 0. The average Bonchev–Trinajstić information content (AvgIpc) is 3.96. The fourth-order valence-electron chi connectivity index (χ4n) is 8.20. The molecule has 3 aromatic heterocycles. The molecule has 0 N–H and O–H groups in total. The Labute approximate surface area is 323 Å². The molecule has 8 aromatic carbocycles. The lowest BCUT2D eigenvalue weighted by Crippen LogP contribution is -2.40. The van der Waals surface area contributed by atoms with E-state index in [-0.39, 0.29) is 0 Å². The van der Waals surface area contributed by atoms with Gasteiger partial charge in [0.15, 0.2) is 0 Å². The molecule has 264 valence electrons. The topological polar surface area (TPSA) is 48.9 Å². The number of benzene rings is 8. The van der Waals surface area contributed by atoms with Crippen molar-refractivity contribution in [2.24, 2.45) is 0 Å². The summed E-state index contributed by atoms with van der Waals surface area (Å²) in [5, 5.41) is 9.64. The minimum atomic E-state index is 0.552. The zero-order valence-electron chi connectivity index (χ0n) is 30.4. The summed E-state index contributed by atoms with van der Waals surface area (Å²) < 4.78 is 11.0. The van der Waals surface area contributed by atoms with Crippen LogP contribution >= 0.6 is 0 Å². The standard InChI is InChI=1S/C51H34N4O/c1-5-14-35(15-6-1)38-26-29-45-44(31-38)42-28-25-39(32-46(42)55(45)40-20-11-4-12-21-40)41-22-13-23-47-49(41)43-27-24-34(30-48(43)56-47)33-54-51(37-18-9-3-10-19-37)52-50(53-54)36-16-7-2-8-17-36/h1-32H,33H2. The number of rotatable bonds is 7. The zero-order chi connectivity index (χ0) is 37.0. The number of para-hydroxylation sites is 1. The van der Waals surface area contributed by atoms with Crippen molar-refractivity contribution in [1.29, 1.82) is 0 Å². The quantitative estimate of drug-likeness (QED) is 0.154. The van der Waals surface area contributed by atoms with Crippen LogP contribution in [0.15, 0.2) is 199 Å². The van der Waals surface area contributed by atoms with E-state index in [1.165, 1.54) is 27.4 Å². The molecule has 0 saturated carbocycles. The van der Waals surface area contributed by atoms with Crippen molar-refractivity contribution in [1.82, 2.24) is 14.6 Å². The fraction of sp³-hybridized carbons (Fsp3) is 0.0196. The summed E-state index contributed by atoms with van der Waals surface area (Å²) in [4.78, 5) is 4.99. The molecular formula is C51H34N4O. The normalized spacial score (nSPS) is 11.6. The molecule has 56 heavy (non-hydrogen) atoms. The van der Waals surface area contributed by atoms with Gasteiger partial charge in [0.1, 0.15) is 23.5 Å². The molecule has 11 aromatic rings. The maximum atomic E-state index is 6.62. The largest absolute Gasteiger partial charge is 0.456 e. The predicted molar refractivity (Wildman–Crippen MR) is 227 cm³/mol. The van der Waals surface area contributed by atoms with Gasteiger partial charge in [-0.25, -0.2) is 0 Å². The van der Waals surface area contributed by atoms with Gasteiger partial charge in [-0.05, 0) is 81.7 Å². The lowest BCUT2D eigenvalue weighted by Gasteiger charge is -2.10. The highest BCUT2D eigenvalue weighted by atomic mass is 16.3. The summed E-state index contributed by atoms with van der Waals surface area (Å²) in [5.74, 6) is 1.54. The molecule has 0 aliphatic carbocycles. The second-order valence-corrected chi connectivity index (χ2v) is 14.3. The van der Waals surface area contributed by atoms with Crippen LogP contribution in [0.2, 0.25) is 0 Å². The Kier molecular flexibility index (Phi) is 7.49. The number of aromatic nitrogens is 4. The van der Waals surface area contributed by atoms with Crippen molar-refractivity contribution in [3.63, 3.8) is 0 Å². The second kappa shape index (κ2) is 13.1. The van der Waals surface area contributed by atoms with Crippen molar-refractivity contribution in [2.45, 2.75) is 6.54 Å². The molecule has 5 heteroatoms. The van der Waals surface area contributed by atoms with Crippen molar-refractivity contribution in [3.8, 4) is 50.7 Å². The Morgan fingerprint density at radius 1 is 0.482 bits per heavy atom. The monoisotopic (exact) mass is 718 g/mol. The lowest BCUT2D eigenvalue weighted by molar-refractivity contribution is -0.737. The maximum Gasteiger partial charge on any atom is 0.136 e. The molecule has 0 radical (unpaired) electrons. The third kappa shape index (κ3) is 5.40. The second-order valence-electron chi connectivity index (χ2n) is 14.3. The van der Waals surface area contributed by atoms with Crippen LogP contribution in [-0.4, -0.2) is 9.55 Å². The van der Waals surface area contributed by atoms with Crippen LogP contribution < -0.4 is 9.78 Å². The summed E-state index contributed by atoms with van der Waals surface area (Å²) in [7, 11) is 0. The molecule has 0 aliphatic rings. The van der Waals surface area contributed by atoms with Gasteiger partial charge in [0.25, 0.3) is 0 Å². The minimum absolute atomic E-state index is 0.552. The Morgan fingerprint density at radius 2 is 1.16 bits per heavy atom. The van der Waals surface area contributed by atoms with Gasteiger partial charge in [-0.15, -0.1) is 0 Å². The lowest BCUT2D eigenvalue weighted by atomic mass is 9.97. The van der Waals surface area contributed by atoms with Gasteiger partial charge in [-0.2, -0.15) is 0 Å². The molecule has 0 fully saturated rings. The third-order valence-electron chi connectivity index (χ3n) is 10.8. The van der Waals surface area contributed by atoms with Crippen LogP contribution in [0.4, 0.5) is 0 Å². The summed E-state index contributed by atoms with van der Waals surface area (Å²) in [5.41, 5.74) is 13.0. The van der Waals surface area contributed by atoms with Crippen molar-refractivity contribution in [3.05, 3.63) is 200 Å². The molecule has 0 amide bonds. The summed E-state index contributed by atoms with van der Waals surface area (Å²) >= 11 is 0. The van der Waals surface area contributed by atoms with E-state index in [1.807, 2.05) is 53.2 Å². The van der Waals surface area contributed by atoms with Crippen LogP contribution in [0, 0.1) is 0 Å². The van der Waals surface area contributed by atoms with Gasteiger partial charge in [-0.1, -0.05) is 152 Å². The predicted octanol–water partition coefficient (Wildman–Crippen LogP) is 12.0. The molecule has 0 saturated heterocycles. The Morgan fingerprint density at radius 3 is 1.93 bits per heavy atom. The van der Waals surface area contributed by atoms with Gasteiger partial charge in [0.2, 0.25) is 0 Å². The van der Waals surface area contributed by atoms with E-state index >= 15 is 0 Å². The molecular weight excluding hydrogens is 685 g/mol. The zero-order valence-corrected chi connectivity index (χ0v) is 30.4. The van der Waals surface area contributed by atoms with Crippen LogP contribution in [0.5, 0.6) is 0 Å². The minimum Gasteiger partial charge on any atom is -0.456 e. The molecule has 0 bridgehead atoms. The molecule has 3 heterocycles. The highest BCUT2D eigenvalue weighted by Gasteiger charge is 2.18. The summed E-state index contributed by atoms with van der Waals surface area (Å²) in [6, 6.07) is 68.3. The number of hydrogen-bond donors (Lipinski definition) is 0. The Bertz CT molecular complexity index is 3200. The van der Waals surface area contributed by atoms with Crippen LogP contribution in [0.1, 0.15) is 5.56 Å². The molecule has 0 spiro atoms. The molecule has 11 rings (SSSR count). The van der Waals surface area contributed by atoms with E-state index in [9.17, 15) is 0 Å². The SMILES string of the molecule is c1ccc(-c2ccc3c(c2)c2ccc(-c4cccc5oc6cc(C[n+]7[n-]c(-c8ccccc8)nc7-c7ccccc7)ccc6c45)cc2n3-c2ccccc2)cc1. The average molecular weight is 719 g/mol. The molecule has 0 atom stereocenters. The van der Waals surface area contributed by atoms with Gasteiger partial charge in [-0.3, -0.25) is 9.78 Å². The Balaban J connectivity index is 1.02. The van der Waals surface area contributed by atoms with E-state index in [1.54, 1.807) is 0 Å². The third-order valence-corrected chi connectivity index (χ3v) is 10.8. The first kappa shape index (κ1) is 32.0. The van der Waals surface area contributed by atoms with E-state index in [4.69, 9.17) is 14.5 Å². The summed E-state index contributed by atoms with van der Waals surface area (Å²) in [6.45, 7) is 0.552. The first-order valence-corrected chi connectivity index (χ1v) is 18.9. The van der Waals surface area contributed by atoms with Gasteiger partial charge >= 0.3 is 0 Å². The smallest absolute Gasteiger partial charge is 0.136 e. The van der Waals surface area contributed by atoms with Crippen LogP contribution in [-0.2, 0) is 6.54 Å². The molecule has 0 unspecified atom stereocenters. The highest BCUT2D eigenvalue weighted by molar-refractivity contribution is 6.15. The first-order valence-electron chi connectivity index (χ1n) is 18.9.